The lowest BCUT2D eigenvalue weighted by atomic mass is 10.2. The molecule has 0 spiro atoms. The van der Waals surface area contributed by atoms with E-state index in [1.165, 1.54) is 0 Å². The average molecular weight is 357 g/mol. The Morgan fingerprint density at radius 1 is 1.28 bits per heavy atom. The van der Waals surface area contributed by atoms with Gasteiger partial charge in [0.2, 0.25) is 6.10 Å². The van der Waals surface area contributed by atoms with Gasteiger partial charge in [0, 0.05) is 0 Å². The van der Waals surface area contributed by atoms with Crippen molar-refractivity contribution in [3.8, 4) is 0 Å². The molecule has 25 heavy (non-hydrogen) atoms. The Hall–Kier alpha value is -2.53. The zero-order chi connectivity index (χ0) is 19.0. The molecule has 10 heteroatoms. The molecule has 0 unspecified atom stereocenters. The van der Waals surface area contributed by atoms with Crippen LogP contribution in [-0.2, 0) is 19.1 Å². The predicted octanol–water partition coefficient (Wildman–Crippen LogP) is -3.42. The third-order valence-electron chi connectivity index (χ3n) is 3.01. The van der Waals surface area contributed by atoms with Crippen LogP contribution in [-0.4, -0.2) is 76.0 Å². The summed E-state index contributed by atoms with van der Waals surface area (Å²) >= 11 is 0. The van der Waals surface area contributed by atoms with E-state index in [0.717, 1.165) is 0 Å². The summed E-state index contributed by atoms with van der Waals surface area (Å²) in [4.78, 5) is 32.3. The molecule has 1 aliphatic heterocycles. The van der Waals surface area contributed by atoms with E-state index in [4.69, 9.17) is 20.1 Å². The standard InChI is InChI=1S/C11H10O5.C4H8O5/c12-8-6-15-11(14)9(8)16-10(13)7-4-2-1-3-5-7;5-1-2(6)3(7)4(8)9/h1-5,8-9,12H,6H2;2-3,5-7H,1H2,(H,8,9)/p-1/t8-,9+;2-,3+/m00/s1. The van der Waals surface area contributed by atoms with Gasteiger partial charge < -0.3 is 39.8 Å². The third kappa shape index (κ3) is 6.12. The van der Waals surface area contributed by atoms with E-state index in [9.17, 15) is 24.6 Å². The fourth-order valence-electron chi connectivity index (χ4n) is 1.64. The van der Waals surface area contributed by atoms with Crippen molar-refractivity contribution in [3.63, 3.8) is 0 Å². The number of aliphatic carboxylic acids is 1. The van der Waals surface area contributed by atoms with Gasteiger partial charge in [-0.25, -0.2) is 9.59 Å². The van der Waals surface area contributed by atoms with E-state index in [1.54, 1.807) is 30.3 Å². The number of hydrogen-bond donors (Lipinski definition) is 4. The molecule has 0 aliphatic carbocycles. The molecule has 1 fully saturated rings. The summed E-state index contributed by atoms with van der Waals surface area (Å²) in [6.45, 7) is -0.930. The summed E-state index contributed by atoms with van der Waals surface area (Å²) in [5.41, 5.74) is 0.328. The molecule has 1 aromatic carbocycles. The van der Waals surface area contributed by atoms with E-state index in [0.29, 0.717) is 5.56 Å². The minimum atomic E-state index is -2.00. The Labute approximate surface area is 141 Å². The average Bonchev–Trinajstić information content (AvgIpc) is 2.93. The van der Waals surface area contributed by atoms with Crippen molar-refractivity contribution in [2.75, 3.05) is 13.2 Å². The lowest BCUT2D eigenvalue weighted by Gasteiger charge is -2.15. The van der Waals surface area contributed by atoms with Gasteiger partial charge in [-0.1, -0.05) is 18.2 Å². The first-order chi connectivity index (χ1) is 11.8. The van der Waals surface area contributed by atoms with Crippen LogP contribution in [0.1, 0.15) is 10.4 Å². The molecule has 10 nitrogen and oxygen atoms in total. The number of ether oxygens (including phenoxy) is 2. The number of carbonyl (C=O) groups is 3. The normalized spacial score (nSPS) is 21.4. The number of esters is 2. The van der Waals surface area contributed by atoms with Gasteiger partial charge in [-0.2, -0.15) is 0 Å². The quantitative estimate of drug-likeness (QED) is 0.388. The van der Waals surface area contributed by atoms with Gasteiger partial charge in [-0.3, -0.25) is 0 Å². The first-order valence-electron chi connectivity index (χ1n) is 7.06. The largest absolute Gasteiger partial charge is 0.547 e. The highest BCUT2D eigenvalue weighted by Crippen LogP contribution is 2.13. The van der Waals surface area contributed by atoms with Gasteiger partial charge in [0.15, 0.2) is 0 Å². The molecule has 4 N–H and O–H groups in total. The van der Waals surface area contributed by atoms with Crippen molar-refractivity contribution >= 4 is 17.9 Å². The van der Waals surface area contributed by atoms with Gasteiger partial charge in [-0.05, 0) is 12.1 Å². The number of benzene rings is 1. The Kier molecular flexibility index (Phi) is 7.95. The van der Waals surface area contributed by atoms with Crippen LogP contribution in [0.5, 0.6) is 0 Å². The van der Waals surface area contributed by atoms with Crippen LogP contribution in [0.15, 0.2) is 30.3 Å². The van der Waals surface area contributed by atoms with Crippen LogP contribution < -0.4 is 5.11 Å². The lowest BCUT2D eigenvalue weighted by Crippen LogP contribution is -2.44. The van der Waals surface area contributed by atoms with Crippen molar-refractivity contribution in [3.05, 3.63) is 35.9 Å². The van der Waals surface area contributed by atoms with Crippen LogP contribution >= 0.6 is 0 Å². The second-order valence-corrected chi connectivity index (χ2v) is 4.90. The molecule has 0 bridgehead atoms. The summed E-state index contributed by atoms with van der Waals surface area (Å²) in [6.07, 6.45) is -5.96. The number of carboxylic acids is 1. The number of carbonyl (C=O) groups excluding carboxylic acids is 3. The molecule has 2 rings (SSSR count). The highest BCUT2D eigenvalue weighted by molar-refractivity contribution is 5.91. The highest BCUT2D eigenvalue weighted by Gasteiger charge is 2.39. The van der Waals surface area contributed by atoms with E-state index < -0.39 is 48.9 Å². The SMILES string of the molecule is O=C(O[C@H]1C(=O)OC[C@@H]1O)c1ccccc1.O=C([O-])[C@H](O)[C@@H](O)CO. The van der Waals surface area contributed by atoms with Crippen molar-refractivity contribution in [1.29, 1.82) is 0 Å². The van der Waals surface area contributed by atoms with Crippen molar-refractivity contribution < 1.29 is 49.4 Å². The molecule has 1 aliphatic rings. The molecule has 1 aromatic rings. The van der Waals surface area contributed by atoms with E-state index in [1.807, 2.05) is 0 Å². The predicted molar refractivity (Wildman–Crippen MR) is 76.7 cm³/mol. The van der Waals surface area contributed by atoms with Gasteiger partial charge in [0.05, 0.1) is 18.1 Å². The summed E-state index contributed by atoms with van der Waals surface area (Å²) in [5.74, 6) is -3.16. The first-order valence-corrected chi connectivity index (χ1v) is 7.06. The molecule has 4 atom stereocenters. The maximum Gasteiger partial charge on any atom is 0.350 e. The molecule has 1 saturated heterocycles. The highest BCUT2D eigenvalue weighted by atomic mass is 16.6. The summed E-state index contributed by atoms with van der Waals surface area (Å²) in [7, 11) is 0. The van der Waals surface area contributed by atoms with Crippen LogP contribution in [0.2, 0.25) is 0 Å². The van der Waals surface area contributed by atoms with E-state index >= 15 is 0 Å². The molecular formula is C15H17O10-. The van der Waals surface area contributed by atoms with E-state index in [-0.39, 0.29) is 6.61 Å². The molecule has 0 radical (unpaired) electrons. The molecular weight excluding hydrogens is 340 g/mol. The topological polar surface area (TPSA) is 174 Å². The second kappa shape index (κ2) is 9.69. The fourth-order valence-corrected chi connectivity index (χ4v) is 1.64. The monoisotopic (exact) mass is 357 g/mol. The Bertz CT molecular complexity index is 587. The molecule has 138 valence electrons. The maximum atomic E-state index is 11.6. The molecule has 0 amide bonds. The lowest BCUT2D eigenvalue weighted by molar-refractivity contribution is -0.318. The maximum absolute atomic E-state index is 11.6. The number of aliphatic hydroxyl groups excluding tert-OH is 4. The van der Waals surface area contributed by atoms with Gasteiger partial charge in [0.1, 0.15) is 24.9 Å². The molecule has 0 aromatic heterocycles. The number of rotatable bonds is 5. The van der Waals surface area contributed by atoms with Gasteiger partial charge in [-0.15, -0.1) is 0 Å². The first kappa shape index (κ1) is 20.5. The Morgan fingerprint density at radius 3 is 2.28 bits per heavy atom. The molecule has 0 saturated carbocycles. The van der Waals surface area contributed by atoms with Crippen LogP contribution in [0.4, 0.5) is 0 Å². The van der Waals surface area contributed by atoms with Crippen molar-refractivity contribution in [1.82, 2.24) is 0 Å². The van der Waals surface area contributed by atoms with Crippen LogP contribution in [0.25, 0.3) is 0 Å². The fraction of sp³-hybridized carbons (Fsp3) is 0.400. The molecule has 1 heterocycles. The smallest absolute Gasteiger partial charge is 0.350 e. The summed E-state index contributed by atoms with van der Waals surface area (Å²) in [6, 6.07) is 8.25. The summed E-state index contributed by atoms with van der Waals surface area (Å²) < 4.78 is 9.41. The number of hydrogen-bond acceptors (Lipinski definition) is 10. The van der Waals surface area contributed by atoms with Gasteiger partial charge in [0.25, 0.3) is 0 Å². The zero-order valence-electron chi connectivity index (χ0n) is 12.8. The third-order valence-corrected chi connectivity index (χ3v) is 3.01. The number of cyclic esters (lactones) is 1. The second-order valence-electron chi connectivity index (χ2n) is 4.90. The zero-order valence-corrected chi connectivity index (χ0v) is 12.8. The minimum Gasteiger partial charge on any atom is -0.547 e. The number of aliphatic hydroxyl groups is 4. The Balaban J connectivity index is 0.000000299. The van der Waals surface area contributed by atoms with Crippen molar-refractivity contribution in [2.45, 2.75) is 24.4 Å². The van der Waals surface area contributed by atoms with Crippen LogP contribution in [0.3, 0.4) is 0 Å². The Morgan fingerprint density at radius 2 is 1.88 bits per heavy atom. The van der Waals surface area contributed by atoms with Gasteiger partial charge >= 0.3 is 11.9 Å². The van der Waals surface area contributed by atoms with Crippen molar-refractivity contribution in [2.24, 2.45) is 0 Å². The van der Waals surface area contributed by atoms with E-state index in [2.05, 4.69) is 4.74 Å². The minimum absolute atomic E-state index is 0.133. The van der Waals surface area contributed by atoms with Crippen LogP contribution in [0, 0.1) is 0 Å². The number of carboxylic acid groups (broad SMARTS) is 1. The summed E-state index contributed by atoms with van der Waals surface area (Å²) in [5, 5.41) is 43.8.